The summed E-state index contributed by atoms with van der Waals surface area (Å²) in [5.41, 5.74) is 1.92. The molecule has 0 aliphatic rings. The van der Waals surface area contributed by atoms with Crippen LogP contribution in [0.3, 0.4) is 0 Å². The molecule has 74 valence electrons. The van der Waals surface area contributed by atoms with Gasteiger partial charge in [-0.2, -0.15) is 5.10 Å². The van der Waals surface area contributed by atoms with E-state index in [0.29, 0.717) is 6.04 Å². The van der Waals surface area contributed by atoms with Crippen LogP contribution in [0.4, 0.5) is 5.69 Å². The molecule has 2 aromatic rings. The van der Waals surface area contributed by atoms with E-state index in [2.05, 4.69) is 29.2 Å². The molecule has 0 bridgehead atoms. The Hall–Kier alpha value is -1.58. The minimum absolute atomic E-state index is 0.401. The maximum atomic E-state index is 4.36. The van der Waals surface area contributed by atoms with Gasteiger partial charge in [0.1, 0.15) is 5.82 Å². The number of fused-ring (bicyclic) bond motifs is 1. The highest BCUT2D eigenvalue weighted by atomic mass is 15.3. The van der Waals surface area contributed by atoms with Crippen molar-refractivity contribution in [3.05, 3.63) is 24.2 Å². The molecule has 4 heteroatoms. The van der Waals surface area contributed by atoms with Gasteiger partial charge in [0.15, 0.2) is 5.65 Å². The number of aromatic nitrogens is 3. The van der Waals surface area contributed by atoms with Crippen molar-refractivity contribution in [2.75, 3.05) is 5.32 Å². The quantitative estimate of drug-likeness (QED) is 0.786. The SMILES string of the molecule is Cc1nc2c(NC(C)C)cccn2n1. The molecule has 0 aliphatic carbocycles. The second-order valence-corrected chi connectivity index (χ2v) is 3.65. The van der Waals surface area contributed by atoms with Crippen molar-refractivity contribution in [3.8, 4) is 0 Å². The molecule has 2 rings (SSSR count). The second kappa shape index (κ2) is 3.29. The summed E-state index contributed by atoms with van der Waals surface area (Å²) in [4.78, 5) is 4.36. The van der Waals surface area contributed by atoms with Crippen LogP contribution in [0.5, 0.6) is 0 Å². The van der Waals surface area contributed by atoms with Gasteiger partial charge in [0.05, 0.1) is 5.69 Å². The third-order valence-corrected chi connectivity index (χ3v) is 1.91. The van der Waals surface area contributed by atoms with Gasteiger partial charge in [-0.15, -0.1) is 0 Å². The summed E-state index contributed by atoms with van der Waals surface area (Å²) < 4.78 is 1.79. The largest absolute Gasteiger partial charge is 0.380 e. The number of nitrogens with one attached hydrogen (secondary N) is 1. The molecule has 0 amide bonds. The van der Waals surface area contributed by atoms with E-state index in [-0.39, 0.29) is 0 Å². The maximum Gasteiger partial charge on any atom is 0.178 e. The molecule has 0 saturated heterocycles. The Morgan fingerprint density at radius 1 is 1.43 bits per heavy atom. The lowest BCUT2D eigenvalue weighted by Gasteiger charge is -2.09. The lowest BCUT2D eigenvalue weighted by Crippen LogP contribution is -2.10. The Bertz CT molecular complexity index is 444. The fraction of sp³-hybridized carbons (Fsp3) is 0.400. The Morgan fingerprint density at radius 2 is 2.21 bits per heavy atom. The molecule has 0 radical (unpaired) electrons. The van der Waals surface area contributed by atoms with Crippen molar-refractivity contribution >= 4 is 11.3 Å². The summed E-state index contributed by atoms with van der Waals surface area (Å²) in [6.07, 6.45) is 1.90. The Balaban J connectivity index is 2.53. The molecule has 0 spiro atoms. The first-order chi connectivity index (χ1) is 6.66. The van der Waals surface area contributed by atoms with Gasteiger partial charge in [-0.3, -0.25) is 0 Å². The molecule has 0 saturated carbocycles. The van der Waals surface area contributed by atoms with Crippen LogP contribution in [-0.4, -0.2) is 20.6 Å². The molecule has 14 heavy (non-hydrogen) atoms. The third kappa shape index (κ3) is 1.55. The summed E-state index contributed by atoms with van der Waals surface area (Å²) >= 11 is 0. The van der Waals surface area contributed by atoms with Gasteiger partial charge in [0, 0.05) is 12.2 Å². The minimum atomic E-state index is 0.401. The van der Waals surface area contributed by atoms with Crippen LogP contribution in [0.15, 0.2) is 18.3 Å². The monoisotopic (exact) mass is 190 g/mol. The zero-order valence-electron chi connectivity index (χ0n) is 8.65. The molecule has 0 aliphatic heterocycles. The van der Waals surface area contributed by atoms with Crippen LogP contribution in [-0.2, 0) is 0 Å². The van der Waals surface area contributed by atoms with Gasteiger partial charge in [0.25, 0.3) is 0 Å². The molecule has 0 aromatic carbocycles. The number of pyridine rings is 1. The highest BCUT2D eigenvalue weighted by Crippen LogP contribution is 2.15. The standard InChI is InChI=1S/C10H14N4/c1-7(2)11-9-5-4-6-14-10(9)12-8(3)13-14/h4-7,11H,1-3H3. The van der Waals surface area contributed by atoms with Gasteiger partial charge in [0.2, 0.25) is 0 Å². The summed E-state index contributed by atoms with van der Waals surface area (Å²) in [6.45, 7) is 6.10. The number of aryl methyl sites for hydroxylation is 1. The minimum Gasteiger partial charge on any atom is -0.380 e. The van der Waals surface area contributed by atoms with Gasteiger partial charge in [-0.1, -0.05) is 0 Å². The lowest BCUT2D eigenvalue weighted by atomic mass is 10.3. The summed E-state index contributed by atoms with van der Waals surface area (Å²) in [6, 6.07) is 4.38. The maximum absolute atomic E-state index is 4.36. The number of rotatable bonds is 2. The topological polar surface area (TPSA) is 42.2 Å². The zero-order valence-corrected chi connectivity index (χ0v) is 8.65. The average Bonchev–Trinajstić information content (AvgIpc) is 2.45. The van der Waals surface area contributed by atoms with Crippen LogP contribution in [0.2, 0.25) is 0 Å². The fourth-order valence-corrected chi connectivity index (χ4v) is 1.44. The predicted octanol–water partition coefficient (Wildman–Crippen LogP) is 1.86. The van der Waals surface area contributed by atoms with E-state index < -0.39 is 0 Å². The molecule has 2 heterocycles. The van der Waals surface area contributed by atoms with Crippen LogP contribution >= 0.6 is 0 Å². The van der Waals surface area contributed by atoms with E-state index in [1.807, 2.05) is 25.3 Å². The van der Waals surface area contributed by atoms with E-state index in [9.17, 15) is 0 Å². The number of hydrogen-bond donors (Lipinski definition) is 1. The number of nitrogens with zero attached hydrogens (tertiary/aromatic N) is 3. The van der Waals surface area contributed by atoms with Crippen molar-refractivity contribution in [1.82, 2.24) is 14.6 Å². The fourth-order valence-electron chi connectivity index (χ4n) is 1.44. The molecule has 4 nitrogen and oxygen atoms in total. The van der Waals surface area contributed by atoms with E-state index in [4.69, 9.17) is 0 Å². The van der Waals surface area contributed by atoms with Crippen molar-refractivity contribution in [2.24, 2.45) is 0 Å². The van der Waals surface area contributed by atoms with Crippen LogP contribution in [0.1, 0.15) is 19.7 Å². The molecular weight excluding hydrogens is 176 g/mol. The molecule has 0 fully saturated rings. The van der Waals surface area contributed by atoms with Crippen molar-refractivity contribution < 1.29 is 0 Å². The van der Waals surface area contributed by atoms with Gasteiger partial charge in [-0.05, 0) is 32.9 Å². The van der Waals surface area contributed by atoms with E-state index in [0.717, 1.165) is 17.2 Å². The smallest absolute Gasteiger partial charge is 0.178 e. The van der Waals surface area contributed by atoms with E-state index >= 15 is 0 Å². The van der Waals surface area contributed by atoms with Gasteiger partial charge < -0.3 is 5.32 Å². The summed E-state index contributed by atoms with van der Waals surface area (Å²) in [5, 5.41) is 7.58. The van der Waals surface area contributed by atoms with Crippen LogP contribution in [0.25, 0.3) is 5.65 Å². The summed E-state index contributed by atoms with van der Waals surface area (Å²) in [5.74, 6) is 0.794. The van der Waals surface area contributed by atoms with Crippen LogP contribution in [0, 0.1) is 6.92 Å². The molecule has 0 unspecified atom stereocenters. The molecular formula is C10H14N4. The zero-order chi connectivity index (χ0) is 10.1. The molecule has 2 aromatic heterocycles. The first-order valence-electron chi connectivity index (χ1n) is 4.75. The number of anilines is 1. The van der Waals surface area contributed by atoms with Crippen molar-refractivity contribution in [3.63, 3.8) is 0 Å². The first-order valence-corrected chi connectivity index (χ1v) is 4.75. The van der Waals surface area contributed by atoms with Gasteiger partial charge in [-0.25, -0.2) is 9.50 Å². The predicted molar refractivity (Wildman–Crippen MR) is 56.5 cm³/mol. The highest BCUT2D eigenvalue weighted by molar-refractivity contribution is 5.67. The second-order valence-electron chi connectivity index (χ2n) is 3.65. The summed E-state index contributed by atoms with van der Waals surface area (Å²) in [7, 11) is 0. The average molecular weight is 190 g/mol. The molecule has 1 N–H and O–H groups in total. The van der Waals surface area contributed by atoms with E-state index in [1.165, 1.54) is 0 Å². The number of hydrogen-bond acceptors (Lipinski definition) is 3. The highest BCUT2D eigenvalue weighted by Gasteiger charge is 2.05. The van der Waals surface area contributed by atoms with Gasteiger partial charge >= 0.3 is 0 Å². The first kappa shape index (κ1) is 8.99. The normalized spacial score (nSPS) is 11.1. The Morgan fingerprint density at radius 3 is 2.93 bits per heavy atom. The third-order valence-electron chi connectivity index (χ3n) is 1.91. The Labute approximate surface area is 83.0 Å². The Kier molecular flexibility index (Phi) is 2.11. The van der Waals surface area contributed by atoms with Crippen molar-refractivity contribution in [2.45, 2.75) is 26.8 Å². The van der Waals surface area contributed by atoms with Crippen LogP contribution < -0.4 is 5.32 Å². The van der Waals surface area contributed by atoms with Crippen molar-refractivity contribution in [1.29, 1.82) is 0 Å². The van der Waals surface area contributed by atoms with E-state index in [1.54, 1.807) is 4.52 Å². The lowest BCUT2D eigenvalue weighted by molar-refractivity contribution is 0.891. The molecule has 0 atom stereocenters.